The van der Waals surface area contributed by atoms with Crippen molar-refractivity contribution in [3.63, 3.8) is 0 Å². The number of aliphatic hydroxyl groups excluding tert-OH is 5. The summed E-state index contributed by atoms with van der Waals surface area (Å²) in [5.41, 5.74) is 0. The summed E-state index contributed by atoms with van der Waals surface area (Å²) in [5, 5.41) is 54.4. The summed E-state index contributed by atoms with van der Waals surface area (Å²) < 4.78 is 16.7. The fraction of sp³-hybridized carbons (Fsp3) is 0.900. The van der Waals surface area contributed by atoms with Crippen molar-refractivity contribution in [2.24, 2.45) is 0 Å². The van der Waals surface area contributed by atoms with E-state index in [4.69, 9.17) is 14.2 Å². The number of carbonyl (C=O) groups excluding carboxylic acids is 2. The molecule has 11 nitrogen and oxygen atoms in total. The molecule has 0 aromatic heterocycles. The van der Waals surface area contributed by atoms with Gasteiger partial charge in [-0.2, -0.15) is 0 Å². The van der Waals surface area contributed by atoms with E-state index in [0.717, 1.165) is 83.5 Å². The predicted molar refractivity (Wildman–Crippen MR) is 292 cm³/mol. The molecule has 1 rings (SSSR count). The summed E-state index contributed by atoms with van der Waals surface area (Å²) in [6.45, 7) is 4.32. The second-order valence-electron chi connectivity index (χ2n) is 21.1. The van der Waals surface area contributed by atoms with E-state index in [2.05, 4.69) is 31.3 Å². The van der Waals surface area contributed by atoms with Crippen LogP contribution >= 0.6 is 0 Å². The van der Waals surface area contributed by atoms with E-state index in [-0.39, 0.29) is 18.5 Å². The van der Waals surface area contributed by atoms with Crippen LogP contribution in [0.2, 0.25) is 0 Å². The molecule has 1 fully saturated rings. The Morgan fingerprint density at radius 2 is 0.901 bits per heavy atom. The monoisotopic (exact) mass is 1010 g/mol. The van der Waals surface area contributed by atoms with Crippen molar-refractivity contribution in [2.75, 3.05) is 19.8 Å². The zero-order valence-corrected chi connectivity index (χ0v) is 45.9. The molecule has 1 heterocycles. The van der Waals surface area contributed by atoms with Gasteiger partial charge in [-0.15, -0.1) is 0 Å². The smallest absolute Gasteiger partial charge is 0.305 e. The molecule has 7 unspecified atom stereocenters. The van der Waals surface area contributed by atoms with Crippen LogP contribution in [-0.4, -0.2) is 100 Å². The van der Waals surface area contributed by atoms with Crippen molar-refractivity contribution in [3.05, 3.63) is 24.3 Å². The molecule has 0 spiro atoms. The van der Waals surface area contributed by atoms with Gasteiger partial charge in [-0.3, -0.25) is 9.59 Å². The van der Waals surface area contributed by atoms with Gasteiger partial charge >= 0.3 is 5.97 Å². The second kappa shape index (κ2) is 50.3. The molecule has 0 aromatic carbocycles. The van der Waals surface area contributed by atoms with Crippen LogP contribution in [0.4, 0.5) is 0 Å². The maximum atomic E-state index is 13.0. The maximum Gasteiger partial charge on any atom is 0.305 e. The topological polar surface area (TPSA) is 175 Å². The van der Waals surface area contributed by atoms with Crippen molar-refractivity contribution in [2.45, 2.75) is 326 Å². The zero-order chi connectivity index (χ0) is 51.7. The van der Waals surface area contributed by atoms with Crippen molar-refractivity contribution in [1.29, 1.82) is 0 Å². The fourth-order valence-electron chi connectivity index (χ4n) is 9.49. The molecular weight excluding hydrogens is 895 g/mol. The lowest BCUT2D eigenvalue weighted by Gasteiger charge is -2.40. The highest BCUT2D eigenvalue weighted by atomic mass is 16.7. The van der Waals surface area contributed by atoms with Crippen molar-refractivity contribution >= 4 is 11.9 Å². The van der Waals surface area contributed by atoms with Crippen LogP contribution in [-0.2, 0) is 23.8 Å². The third-order valence-corrected chi connectivity index (χ3v) is 14.3. The van der Waals surface area contributed by atoms with Gasteiger partial charge in [-0.1, -0.05) is 237 Å². The molecule has 7 atom stereocenters. The van der Waals surface area contributed by atoms with Crippen molar-refractivity contribution < 1.29 is 49.3 Å². The minimum absolute atomic E-state index is 0.0187. The SMILES string of the molecule is CCCCCCCCCCCCCCC/C=C/C(O)C(COC1OC(CO)C(O)C(O)C1O)NC(=O)CCCCCCCCC/C=C\CCCCCCCCOC(=O)CCCCCCCCCCCCC. The molecule has 1 amide bonds. The Kier molecular flexibility index (Phi) is 47.6. The Hall–Kier alpha value is -1.86. The van der Waals surface area contributed by atoms with Gasteiger partial charge in [0, 0.05) is 12.8 Å². The van der Waals surface area contributed by atoms with E-state index in [0.29, 0.717) is 19.4 Å². The van der Waals surface area contributed by atoms with E-state index < -0.39 is 49.5 Å². The van der Waals surface area contributed by atoms with E-state index in [1.165, 1.54) is 173 Å². The number of ether oxygens (including phenoxy) is 3. The summed E-state index contributed by atoms with van der Waals surface area (Å²) in [4.78, 5) is 25.1. The number of rotatable bonds is 52. The van der Waals surface area contributed by atoms with Crippen LogP contribution in [0.1, 0.15) is 284 Å². The van der Waals surface area contributed by atoms with Crippen LogP contribution in [0.5, 0.6) is 0 Å². The Morgan fingerprint density at radius 1 is 0.507 bits per heavy atom. The number of amides is 1. The number of unbranched alkanes of at least 4 members (excludes halogenated alkanes) is 36. The molecule has 0 bridgehead atoms. The van der Waals surface area contributed by atoms with Crippen LogP contribution in [0.25, 0.3) is 0 Å². The Bertz CT molecular complexity index is 1230. The molecule has 0 aromatic rings. The number of esters is 1. The lowest BCUT2D eigenvalue weighted by Crippen LogP contribution is -2.60. The minimum Gasteiger partial charge on any atom is -0.466 e. The summed E-state index contributed by atoms with van der Waals surface area (Å²) >= 11 is 0. The highest BCUT2D eigenvalue weighted by molar-refractivity contribution is 5.76. The Balaban J connectivity index is 2.15. The first kappa shape index (κ1) is 67.2. The van der Waals surface area contributed by atoms with Crippen molar-refractivity contribution in [3.8, 4) is 0 Å². The average molecular weight is 1010 g/mol. The third kappa shape index (κ3) is 40.2. The van der Waals surface area contributed by atoms with E-state index >= 15 is 0 Å². The zero-order valence-electron chi connectivity index (χ0n) is 45.9. The highest BCUT2D eigenvalue weighted by Gasteiger charge is 2.44. The van der Waals surface area contributed by atoms with Gasteiger partial charge in [0.25, 0.3) is 0 Å². The number of aliphatic hydroxyl groups is 5. The van der Waals surface area contributed by atoms with E-state index in [1.54, 1.807) is 6.08 Å². The first-order valence-corrected chi connectivity index (χ1v) is 30.1. The molecule has 0 radical (unpaired) electrons. The van der Waals surface area contributed by atoms with Gasteiger partial charge in [0.15, 0.2) is 6.29 Å². The van der Waals surface area contributed by atoms with Crippen LogP contribution < -0.4 is 5.32 Å². The van der Waals surface area contributed by atoms with Gasteiger partial charge in [0.1, 0.15) is 24.4 Å². The first-order chi connectivity index (χ1) is 34.7. The van der Waals surface area contributed by atoms with E-state index in [9.17, 15) is 35.1 Å². The number of carbonyl (C=O) groups is 2. The van der Waals surface area contributed by atoms with Crippen molar-refractivity contribution in [1.82, 2.24) is 5.32 Å². The molecule has 71 heavy (non-hydrogen) atoms. The summed E-state index contributed by atoms with van der Waals surface area (Å²) in [6.07, 6.45) is 49.7. The number of nitrogens with one attached hydrogen (secondary N) is 1. The number of allylic oxidation sites excluding steroid dienone is 3. The highest BCUT2D eigenvalue weighted by Crippen LogP contribution is 2.23. The molecular formula is C60H113NO10. The van der Waals surface area contributed by atoms with Crippen LogP contribution in [0.3, 0.4) is 0 Å². The number of hydrogen-bond donors (Lipinski definition) is 6. The van der Waals surface area contributed by atoms with Crippen LogP contribution in [0.15, 0.2) is 24.3 Å². The normalized spacial score (nSPS) is 19.2. The lowest BCUT2D eigenvalue weighted by molar-refractivity contribution is -0.302. The third-order valence-electron chi connectivity index (χ3n) is 14.3. The van der Waals surface area contributed by atoms with Gasteiger partial charge in [0.05, 0.1) is 32.0 Å². The summed E-state index contributed by atoms with van der Waals surface area (Å²) in [6, 6.07) is -0.819. The second-order valence-corrected chi connectivity index (χ2v) is 21.1. The van der Waals surface area contributed by atoms with Crippen LogP contribution in [0, 0.1) is 0 Å². The van der Waals surface area contributed by atoms with Gasteiger partial charge < -0.3 is 45.1 Å². The van der Waals surface area contributed by atoms with Gasteiger partial charge in [0.2, 0.25) is 5.91 Å². The summed E-state index contributed by atoms with van der Waals surface area (Å²) in [5.74, 6) is -0.211. The molecule has 0 saturated carbocycles. The molecule has 11 heteroatoms. The fourth-order valence-corrected chi connectivity index (χ4v) is 9.49. The quantitative estimate of drug-likeness (QED) is 0.0195. The van der Waals surface area contributed by atoms with Gasteiger partial charge in [-0.05, 0) is 57.8 Å². The summed E-state index contributed by atoms with van der Waals surface area (Å²) in [7, 11) is 0. The molecule has 1 aliphatic heterocycles. The molecule has 418 valence electrons. The Labute approximate surface area is 435 Å². The maximum absolute atomic E-state index is 13.0. The Morgan fingerprint density at radius 3 is 1.35 bits per heavy atom. The molecule has 1 saturated heterocycles. The first-order valence-electron chi connectivity index (χ1n) is 30.1. The van der Waals surface area contributed by atoms with Gasteiger partial charge in [-0.25, -0.2) is 0 Å². The lowest BCUT2D eigenvalue weighted by atomic mass is 9.99. The minimum atomic E-state index is -1.58. The molecule has 0 aliphatic carbocycles. The molecule has 6 N–H and O–H groups in total. The average Bonchev–Trinajstić information content (AvgIpc) is 3.37. The largest absolute Gasteiger partial charge is 0.466 e. The predicted octanol–water partition coefficient (Wildman–Crippen LogP) is 13.7. The standard InChI is InChI=1S/C60H113NO10/c1-3-5-7-9-11-13-15-16-20-23-27-30-34-38-42-46-53(63)52(51-70-60-59(68)58(67)57(66)54(50-62)71-60)61-55(64)47-43-39-35-31-28-24-21-18-17-19-22-25-29-33-37-41-45-49-69-56(65)48-44-40-36-32-26-14-12-10-8-6-4-2/h17,19,42,46,52-54,57-60,62-63,66-68H,3-16,18,20-41,43-45,47-51H2,1-2H3,(H,61,64)/b19-17-,46-42+. The number of hydrogen-bond acceptors (Lipinski definition) is 10. The van der Waals surface area contributed by atoms with E-state index in [1.807, 2.05) is 6.08 Å². The molecule has 1 aliphatic rings.